The van der Waals surface area contributed by atoms with Gasteiger partial charge in [0, 0.05) is 24.5 Å². The van der Waals surface area contributed by atoms with Gasteiger partial charge in [-0.2, -0.15) is 5.10 Å². The summed E-state index contributed by atoms with van der Waals surface area (Å²) in [5, 5.41) is 7.22. The third-order valence-corrected chi connectivity index (χ3v) is 4.02. The van der Waals surface area contributed by atoms with Gasteiger partial charge in [0.1, 0.15) is 0 Å². The second-order valence-electron chi connectivity index (χ2n) is 5.14. The molecule has 3 N–H and O–H groups in total. The Bertz CT molecular complexity index is 568. The van der Waals surface area contributed by atoms with E-state index >= 15 is 0 Å². The Labute approximate surface area is 137 Å². The highest BCUT2D eigenvalue weighted by Gasteiger charge is 2.26. The number of carbonyl (C=O) groups is 1. The topological polar surface area (TPSA) is 72.9 Å². The first kappa shape index (κ1) is 18.2. The molecule has 2 aromatic rings. The SMILES string of the molecule is CCC(CC)(CN)NC(=O)c1ccc(-n2cccn2)cc1.Cl. The number of amides is 1. The Morgan fingerprint density at radius 3 is 2.36 bits per heavy atom. The third-order valence-electron chi connectivity index (χ3n) is 4.02. The van der Waals surface area contributed by atoms with Crippen molar-refractivity contribution in [2.75, 3.05) is 6.54 Å². The van der Waals surface area contributed by atoms with Crippen molar-refractivity contribution in [1.29, 1.82) is 0 Å². The highest BCUT2D eigenvalue weighted by atomic mass is 35.5. The van der Waals surface area contributed by atoms with E-state index in [4.69, 9.17) is 5.73 Å². The summed E-state index contributed by atoms with van der Waals surface area (Å²) in [5.41, 5.74) is 7.05. The minimum atomic E-state index is -0.322. The lowest BCUT2D eigenvalue weighted by molar-refractivity contribution is 0.0895. The van der Waals surface area contributed by atoms with Crippen molar-refractivity contribution < 1.29 is 4.79 Å². The Morgan fingerprint density at radius 2 is 1.91 bits per heavy atom. The van der Waals surface area contributed by atoms with E-state index in [1.54, 1.807) is 23.0 Å². The summed E-state index contributed by atoms with van der Waals surface area (Å²) >= 11 is 0. The van der Waals surface area contributed by atoms with Gasteiger partial charge in [0.15, 0.2) is 0 Å². The van der Waals surface area contributed by atoms with Crippen LogP contribution in [0.3, 0.4) is 0 Å². The summed E-state index contributed by atoms with van der Waals surface area (Å²) in [7, 11) is 0. The van der Waals surface area contributed by atoms with E-state index in [0.29, 0.717) is 12.1 Å². The average Bonchev–Trinajstić information content (AvgIpc) is 3.07. The lowest BCUT2D eigenvalue weighted by Gasteiger charge is -2.31. The molecule has 0 saturated heterocycles. The molecule has 0 aliphatic carbocycles. The minimum absolute atomic E-state index is 0. The first-order valence-electron chi connectivity index (χ1n) is 7.27. The van der Waals surface area contributed by atoms with Crippen LogP contribution in [-0.4, -0.2) is 27.8 Å². The molecule has 0 aliphatic rings. The number of carbonyl (C=O) groups excluding carboxylic acids is 1. The van der Waals surface area contributed by atoms with Crippen molar-refractivity contribution in [3.8, 4) is 5.69 Å². The summed E-state index contributed by atoms with van der Waals surface area (Å²) in [6.07, 6.45) is 5.22. The van der Waals surface area contributed by atoms with Gasteiger partial charge in [0.05, 0.1) is 11.2 Å². The minimum Gasteiger partial charge on any atom is -0.345 e. The van der Waals surface area contributed by atoms with Gasteiger partial charge in [-0.15, -0.1) is 12.4 Å². The summed E-state index contributed by atoms with van der Waals surface area (Å²) in [6, 6.07) is 9.23. The molecule has 22 heavy (non-hydrogen) atoms. The maximum atomic E-state index is 12.3. The second kappa shape index (κ2) is 7.96. The zero-order valence-corrected chi connectivity index (χ0v) is 13.8. The van der Waals surface area contributed by atoms with Crippen LogP contribution in [-0.2, 0) is 0 Å². The normalized spacial score (nSPS) is 10.9. The molecule has 0 saturated carbocycles. The van der Waals surface area contributed by atoms with E-state index in [2.05, 4.69) is 10.4 Å². The number of nitrogens with two attached hydrogens (primary N) is 1. The molecule has 0 unspecified atom stereocenters. The molecule has 0 fully saturated rings. The fraction of sp³-hybridized carbons (Fsp3) is 0.375. The van der Waals surface area contributed by atoms with E-state index in [0.717, 1.165) is 18.5 Å². The number of benzene rings is 1. The van der Waals surface area contributed by atoms with Gasteiger partial charge in [-0.05, 0) is 43.2 Å². The molecule has 0 radical (unpaired) electrons. The summed E-state index contributed by atoms with van der Waals surface area (Å²) in [5.74, 6) is -0.0869. The van der Waals surface area contributed by atoms with Crippen LogP contribution in [0.1, 0.15) is 37.0 Å². The van der Waals surface area contributed by atoms with Crippen LogP contribution >= 0.6 is 12.4 Å². The van der Waals surface area contributed by atoms with Crippen molar-refractivity contribution in [3.63, 3.8) is 0 Å². The summed E-state index contributed by atoms with van der Waals surface area (Å²) < 4.78 is 1.75. The van der Waals surface area contributed by atoms with Crippen molar-refractivity contribution in [2.24, 2.45) is 5.73 Å². The van der Waals surface area contributed by atoms with E-state index in [-0.39, 0.29) is 23.9 Å². The predicted octanol–water partition coefficient (Wildman–Crippen LogP) is 2.54. The standard InChI is InChI=1S/C16H22N4O.ClH/c1-3-16(4-2,12-17)19-15(21)13-6-8-14(9-7-13)20-11-5-10-18-20;/h5-11H,3-4,12,17H2,1-2H3,(H,19,21);1H. The lowest BCUT2D eigenvalue weighted by Crippen LogP contribution is -2.52. The number of nitrogens with one attached hydrogen (secondary N) is 1. The van der Waals surface area contributed by atoms with Gasteiger partial charge in [0.2, 0.25) is 0 Å². The molecule has 5 nitrogen and oxygen atoms in total. The Morgan fingerprint density at radius 1 is 1.27 bits per heavy atom. The highest BCUT2D eigenvalue weighted by Crippen LogP contribution is 2.15. The molecular weight excluding hydrogens is 300 g/mol. The molecule has 6 heteroatoms. The van der Waals surface area contributed by atoms with Gasteiger partial charge >= 0.3 is 0 Å². The maximum Gasteiger partial charge on any atom is 0.251 e. The number of halogens is 1. The zero-order valence-electron chi connectivity index (χ0n) is 13.0. The van der Waals surface area contributed by atoms with Gasteiger partial charge in [-0.3, -0.25) is 4.79 Å². The van der Waals surface area contributed by atoms with Gasteiger partial charge in [0.25, 0.3) is 5.91 Å². The Balaban J connectivity index is 0.00000242. The smallest absolute Gasteiger partial charge is 0.251 e. The summed E-state index contributed by atoms with van der Waals surface area (Å²) in [4.78, 5) is 12.3. The molecule has 0 aliphatic heterocycles. The second-order valence-corrected chi connectivity index (χ2v) is 5.14. The molecule has 1 aromatic heterocycles. The number of nitrogens with zero attached hydrogens (tertiary/aromatic N) is 2. The van der Waals surface area contributed by atoms with Gasteiger partial charge < -0.3 is 11.1 Å². The molecule has 2 rings (SSSR count). The number of aromatic nitrogens is 2. The van der Waals surface area contributed by atoms with E-state index < -0.39 is 0 Å². The molecular formula is C16H23ClN4O. The van der Waals surface area contributed by atoms with E-state index in [1.807, 2.05) is 38.2 Å². The van der Waals surface area contributed by atoms with E-state index in [9.17, 15) is 4.79 Å². The van der Waals surface area contributed by atoms with Crippen molar-refractivity contribution in [1.82, 2.24) is 15.1 Å². The van der Waals surface area contributed by atoms with Crippen LogP contribution in [0.2, 0.25) is 0 Å². The first-order chi connectivity index (χ1) is 10.1. The quantitative estimate of drug-likeness (QED) is 0.858. The monoisotopic (exact) mass is 322 g/mol. The maximum absolute atomic E-state index is 12.3. The van der Waals surface area contributed by atoms with Crippen molar-refractivity contribution in [3.05, 3.63) is 48.3 Å². The predicted molar refractivity (Wildman–Crippen MR) is 90.6 cm³/mol. The molecule has 0 atom stereocenters. The van der Waals surface area contributed by atoms with Crippen molar-refractivity contribution in [2.45, 2.75) is 32.2 Å². The van der Waals surface area contributed by atoms with Crippen LogP contribution in [0, 0.1) is 0 Å². The first-order valence-corrected chi connectivity index (χ1v) is 7.27. The summed E-state index contributed by atoms with van der Waals surface area (Å²) in [6.45, 7) is 4.52. The van der Waals surface area contributed by atoms with Crippen molar-refractivity contribution >= 4 is 18.3 Å². The molecule has 1 aromatic carbocycles. The molecule has 1 amide bonds. The average molecular weight is 323 g/mol. The molecule has 0 bridgehead atoms. The van der Waals surface area contributed by atoms with Crippen LogP contribution < -0.4 is 11.1 Å². The van der Waals surface area contributed by atoms with Gasteiger partial charge in [-0.25, -0.2) is 4.68 Å². The van der Waals surface area contributed by atoms with Crippen LogP contribution in [0.15, 0.2) is 42.7 Å². The van der Waals surface area contributed by atoms with Crippen LogP contribution in [0.25, 0.3) is 5.69 Å². The molecule has 120 valence electrons. The number of hydrogen-bond donors (Lipinski definition) is 2. The number of rotatable bonds is 6. The van der Waals surface area contributed by atoms with Gasteiger partial charge in [-0.1, -0.05) is 13.8 Å². The Kier molecular flexibility index (Phi) is 6.59. The molecule has 1 heterocycles. The van der Waals surface area contributed by atoms with Crippen LogP contribution in [0.5, 0.6) is 0 Å². The molecule has 0 spiro atoms. The Hall–Kier alpha value is -1.85. The fourth-order valence-corrected chi connectivity index (χ4v) is 2.27. The van der Waals surface area contributed by atoms with E-state index in [1.165, 1.54) is 0 Å². The zero-order chi connectivity index (χ0) is 15.3. The third kappa shape index (κ3) is 3.87. The number of hydrogen-bond acceptors (Lipinski definition) is 3. The lowest BCUT2D eigenvalue weighted by atomic mass is 9.92. The highest BCUT2D eigenvalue weighted by molar-refractivity contribution is 5.94. The van der Waals surface area contributed by atoms with Crippen LogP contribution in [0.4, 0.5) is 0 Å². The fourth-order valence-electron chi connectivity index (χ4n) is 2.27. The largest absolute Gasteiger partial charge is 0.345 e.